The summed E-state index contributed by atoms with van der Waals surface area (Å²) in [5, 5.41) is 2.96. The number of amides is 1. The Morgan fingerprint density at radius 3 is 2.87 bits per heavy atom. The number of likely N-dealkylation sites (tertiary alicyclic amines) is 1. The molecule has 1 fully saturated rings. The second-order valence-corrected chi connectivity index (χ2v) is 6.97. The molecule has 1 unspecified atom stereocenters. The van der Waals surface area contributed by atoms with E-state index >= 15 is 0 Å². The molecule has 1 atom stereocenters. The molecule has 1 saturated heterocycles. The van der Waals surface area contributed by atoms with E-state index < -0.39 is 0 Å². The van der Waals surface area contributed by atoms with Crippen molar-refractivity contribution in [2.24, 2.45) is 0 Å². The SMILES string of the molecule is O=C(CCc1nccs1)N1CCCCC1Cc1ccc(F)cc1. The van der Waals surface area contributed by atoms with Gasteiger partial charge in [-0.2, -0.15) is 0 Å². The van der Waals surface area contributed by atoms with Gasteiger partial charge in [-0.25, -0.2) is 9.37 Å². The smallest absolute Gasteiger partial charge is 0.223 e. The van der Waals surface area contributed by atoms with E-state index in [9.17, 15) is 9.18 Å². The standard InChI is InChI=1S/C18H21FN2OS/c19-15-6-4-14(5-7-15)13-16-3-1-2-11-21(16)18(22)9-8-17-20-10-12-23-17/h4-7,10,12,16H,1-3,8-9,11,13H2. The van der Waals surface area contributed by atoms with Gasteiger partial charge in [0.25, 0.3) is 0 Å². The van der Waals surface area contributed by atoms with Crippen LogP contribution in [0.15, 0.2) is 35.8 Å². The van der Waals surface area contributed by atoms with Crippen molar-refractivity contribution >= 4 is 17.2 Å². The van der Waals surface area contributed by atoms with Gasteiger partial charge in [-0.15, -0.1) is 11.3 Å². The van der Waals surface area contributed by atoms with E-state index in [1.807, 2.05) is 22.4 Å². The lowest BCUT2D eigenvalue weighted by Gasteiger charge is -2.36. The van der Waals surface area contributed by atoms with E-state index in [0.717, 1.165) is 49.2 Å². The van der Waals surface area contributed by atoms with Crippen LogP contribution in [0.5, 0.6) is 0 Å². The minimum atomic E-state index is -0.214. The average molecular weight is 332 g/mol. The van der Waals surface area contributed by atoms with Crippen molar-refractivity contribution in [1.82, 2.24) is 9.88 Å². The molecule has 2 aromatic rings. The van der Waals surface area contributed by atoms with Crippen LogP contribution in [0.4, 0.5) is 4.39 Å². The van der Waals surface area contributed by atoms with Crippen molar-refractivity contribution in [2.75, 3.05) is 6.54 Å². The van der Waals surface area contributed by atoms with E-state index in [1.54, 1.807) is 17.5 Å². The molecule has 1 aliphatic heterocycles. The van der Waals surface area contributed by atoms with Crippen LogP contribution in [0.3, 0.4) is 0 Å². The van der Waals surface area contributed by atoms with Gasteiger partial charge in [-0.05, 0) is 43.4 Å². The zero-order valence-corrected chi connectivity index (χ0v) is 13.9. The highest BCUT2D eigenvalue weighted by molar-refractivity contribution is 7.09. The van der Waals surface area contributed by atoms with Crippen molar-refractivity contribution < 1.29 is 9.18 Å². The Morgan fingerprint density at radius 2 is 2.13 bits per heavy atom. The van der Waals surface area contributed by atoms with Crippen LogP contribution in [0.25, 0.3) is 0 Å². The summed E-state index contributed by atoms with van der Waals surface area (Å²) >= 11 is 1.60. The van der Waals surface area contributed by atoms with Gasteiger partial charge < -0.3 is 4.90 Å². The Balaban J connectivity index is 1.61. The number of carbonyl (C=O) groups excluding carboxylic acids is 1. The first-order valence-electron chi connectivity index (χ1n) is 8.14. The fourth-order valence-corrected chi connectivity index (χ4v) is 3.79. The van der Waals surface area contributed by atoms with E-state index in [-0.39, 0.29) is 17.8 Å². The van der Waals surface area contributed by atoms with Crippen LogP contribution >= 0.6 is 11.3 Å². The molecule has 122 valence electrons. The number of piperidine rings is 1. The topological polar surface area (TPSA) is 33.2 Å². The van der Waals surface area contributed by atoms with Gasteiger partial charge in [-0.3, -0.25) is 4.79 Å². The third-order valence-corrected chi connectivity index (χ3v) is 5.21. The summed E-state index contributed by atoms with van der Waals surface area (Å²) in [6, 6.07) is 6.86. The number of nitrogens with zero attached hydrogens (tertiary/aromatic N) is 2. The number of carbonyl (C=O) groups is 1. The normalized spacial score (nSPS) is 18.1. The van der Waals surface area contributed by atoms with Crippen LogP contribution in [-0.4, -0.2) is 28.4 Å². The zero-order valence-electron chi connectivity index (χ0n) is 13.1. The van der Waals surface area contributed by atoms with Crippen LogP contribution in [0.1, 0.15) is 36.3 Å². The first-order valence-corrected chi connectivity index (χ1v) is 9.02. The summed E-state index contributed by atoms with van der Waals surface area (Å²) in [4.78, 5) is 18.9. The predicted octanol–water partition coefficient (Wildman–Crippen LogP) is 3.84. The van der Waals surface area contributed by atoms with Gasteiger partial charge in [0.2, 0.25) is 5.91 Å². The zero-order chi connectivity index (χ0) is 16.1. The third kappa shape index (κ3) is 4.38. The number of halogens is 1. The summed E-state index contributed by atoms with van der Waals surface area (Å²) < 4.78 is 13.0. The molecule has 1 aliphatic rings. The molecule has 3 rings (SSSR count). The first-order chi connectivity index (χ1) is 11.2. The highest BCUT2D eigenvalue weighted by Crippen LogP contribution is 2.22. The Morgan fingerprint density at radius 1 is 1.30 bits per heavy atom. The van der Waals surface area contributed by atoms with Gasteiger partial charge in [0.1, 0.15) is 5.82 Å². The van der Waals surface area contributed by atoms with Crippen molar-refractivity contribution in [3.8, 4) is 0 Å². The molecule has 0 saturated carbocycles. The summed E-state index contributed by atoms with van der Waals surface area (Å²) in [6.45, 7) is 0.836. The molecule has 0 bridgehead atoms. The van der Waals surface area contributed by atoms with E-state index in [4.69, 9.17) is 0 Å². The highest BCUT2D eigenvalue weighted by Gasteiger charge is 2.26. The number of aryl methyl sites for hydroxylation is 1. The predicted molar refractivity (Wildman–Crippen MR) is 89.9 cm³/mol. The van der Waals surface area contributed by atoms with Gasteiger partial charge in [0.05, 0.1) is 5.01 Å². The molecule has 3 nitrogen and oxygen atoms in total. The van der Waals surface area contributed by atoms with Gasteiger partial charge in [0.15, 0.2) is 0 Å². The van der Waals surface area contributed by atoms with Crippen molar-refractivity contribution in [3.63, 3.8) is 0 Å². The maximum Gasteiger partial charge on any atom is 0.223 e. The Hall–Kier alpha value is -1.75. The molecule has 0 spiro atoms. The molecule has 0 radical (unpaired) electrons. The maximum atomic E-state index is 13.0. The monoisotopic (exact) mass is 332 g/mol. The number of benzene rings is 1. The lowest BCUT2D eigenvalue weighted by Crippen LogP contribution is -2.45. The molecule has 23 heavy (non-hydrogen) atoms. The van der Waals surface area contributed by atoms with E-state index in [0.29, 0.717) is 6.42 Å². The second kappa shape index (κ2) is 7.68. The van der Waals surface area contributed by atoms with Crippen LogP contribution in [0, 0.1) is 5.82 Å². The third-order valence-electron chi connectivity index (χ3n) is 4.37. The molecule has 2 heterocycles. The van der Waals surface area contributed by atoms with E-state index in [1.165, 1.54) is 12.1 Å². The van der Waals surface area contributed by atoms with Crippen molar-refractivity contribution in [2.45, 2.75) is 44.6 Å². The first kappa shape index (κ1) is 16.1. The quantitative estimate of drug-likeness (QED) is 0.833. The minimum Gasteiger partial charge on any atom is -0.339 e. The molecule has 1 aromatic carbocycles. The largest absolute Gasteiger partial charge is 0.339 e. The van der Waals surface area contributed by atoms with Gasteiger partial charge in [-0.1, -0.05) is 12.1 Å². The molecular weight excluding hydrogens is 311 g/mol. The number of hydrogen-bond acceptors (Lipinski definition) is 3. The number of hydrogen-bond donors (Lipinski definition) is 0. The maximum absolute atomic E-state index is 13.0. The van der Waals surface area contributed by atoms with E-state index in [2.05, 4.69) is 4.98 Å². The van der Waals surface area contributed by atoms with Crippen molar-refractivity contribution in [1.29, 1.82) is 0 Å². The number of rotatable bonds is 5. The van der Waals surface area contributed by atoms with Gasteiger partial charge in [0, 0.05) is 37.0 Å². The van der Waals surface area contributed by atoms with Crippen LogP contribution in [-0.2, 0) is 17.6 Å². The fourth-order valence-electron chi connectivity index (χ4n) is 3.17. The summed E-state index contributed by atoms with van der Waals surface area (Å²) in [6.07, 6.45) is 7.08. The second-order valence-electron chi connectivity index (χ2n) is 5.99. The lowest BCUT2D eigenvalue weighted by molar-refractivity contribution is -0.134. The molecule has 1 amide bonds. The minimum absolute atomic E-state index is 0.214. The Kier molecular flexibility index (Phi) is 5.39. The fraction of sp³-hybridized carbons (Fsp3) is 0.444. The molecule has 0 aliphatic carbocycles. The van der Waals surface area contributed by atoms with Crippen molar-refractivity contribution in [3.05, 3.63) is 52.2 Å². The lowest BCUT2D eigenvalue weighted by atomic mass is 9.95. The number of aromatic nitrogens is 1. The Labute approximate surface area is 140 Å². The van der Waals surface area contributed by atoms with Gasteiger partial charge >= 0.3 is 0 Å². The van der Waals surface area contributed by atoms with Crippen LogP contribution < -0.4 is 0 Å². The Bertz CT molecular complexity index is 627. The summed E-state index contributed by atoms with van der Waals surface area (Å²) in [7, 11) is 0. The molecule has 5 heteroatoms. The summed E-state index contributed by atoms with van der Waals surface area (Å²) in [5.74, 6) is 0.000728. The average Bonchev–Trinajstić information content (AvgIpc) is 3.09. The molecule has 0 N–H and O–H groups in total. The van der Waals surface area contributed by atoms with Crippen LogP contribution in [0.2, 0.25) is 0 Å². The molecular formula is C18H21FN2OS. The highest BCUT2D eigenvalue weighted by atomic mass is 32.1. The number of thiazole rings is 1. The molecule has 1 aromatic heterocycles. The summed E-state index contributed by atoms with van der Waals surface area (Å²) in [5.41, 5.74) is 1.09.